The van der Waals surface area contributed by atoms with Crippen LogP contribution in [0.5, 0.6) is 0 Å². The quantitative estimate of drug-likeness (QED) is 0.844. The average molecular weight is 246 g/mol. The monoisotopic (exact) mass is 246 g/mol. The molecule has 1 N–H and O–H groups in total. The fourth-order valence-electron chi connectivity index (χ4n) is 1.83. The molecule has 0 amide bonds. The van der Waals surface area contributed by atoms with Gasteiger partial charge in [-0.3, -0.25) is 4.98 Å². The van der Waals surface area contributed by atoms with Crippen molar-refractivity contribution in [1.29, 1.82) is 0 Å². The van der Waals surface area contributed by atoms with Crippen LogP contribution in [0.3, 0.4) is 0 Å². The van der Waals surface area contributed by atoms with Crippen molar-refractivity contribution >= 4 is 11.3 Å². The molecule has 2 heterocycles. The van der Waals surface area contributed by atoms with E-state index in [9.17, 15) is 0 Å². The minimum atomic E-state index is 0.385. The van der Waals surface area contributed by atoms with E-state index in [1.54, 1.807) is 11.3 Å². The van der Waals surface area contributed by atoms with Crippen molar-refractivity contribution in [3.05, 3.63) is 52.5 Å². The Morgan fingerprint density at radius 1 is 1.35 bits per heavy atom. The third kappa shape index (κ3) is 3.65. The van der Waals surface area contributed by atoms with E-state index in [4.69, 9.17) is 0 Å². The summed E-state index contributed by atoms with van der Waals surface area (Å²) in [6.45, 7) is 3.24. The summed E-state index contributed by atoms with van der Waals surface area (Å²) >= 11 is 1.75. The van der Waals surface area contributed by atoms with Gasteiger partial charge in [0.15, 0.2) is 0 Å². The molecule has 2 nitrogen and oxygen atoms in total. The Bertz CT molecular complexity index is 411. The first kappa shape index (κ1) is 12.3. The van der Waals surface area contributed by atoms with E-state index < -0.39 is 0 Å². The summed E-state index contributed by atoms with van der Waals surface area (Å²) in [6.07, 6.45) is 3.97. The van der Waals surface area contributed by atoms with Gasteiger partial charge in [0.1, 0.15) is 0 Å². The maximum absolute atomic E-state index is 4.40. The predicted molar refractivity (Wildman–Crippen MR) is 73.3 cm³/mol. The molecule has 0 spiro atoms. The molecule has 0 saturated carbocycles. The third-order valence-corrected chi connectivity index (χ3v) is 3.43. The van der Waals surface area contributed by atoms with Gasteiger partial charge in [0, 0.05) is 24.4 Å². The number of rotatable bonds is 6. The highest BCUT2D eigenvalue weighted by Crippen LogP contribution is 2.20. The first-order chi connectivity index (χ1) is 8.40. The van der Waals surface area contributed by atoms with Crippen LogP contribution < -0.4 is 5.32 Å². The zero-order chi connectivity index (χ0) is 11.9. The van der Waals surface area contributed by atoms with E-state index in [0.29, 0.717) is 6.04 Å². The lowest BCUT2D eigenvalue weighted by Crippen LogP contribution is -2.23. The van der Waals surface area contributed by atoms with Crippen LogP contribution in [-0.2, 0) is 6.42 Å². The molecule has 2 aromatic heterocycles. The zero-order valence-corrected chi connectivity index (χ0v) is 10.9. The number of aromatic nitrogens is 1. The third-order valence-electron chi connectivity index (χ3n) is 2.73. The molecular weight excluding hydrogens is 228 g/mol. The van der Waals surface area contributed by atoms with Crippen LogP contribution in [0.15, 0.2) is 41.2 Å². The van der Waals surface area contributed by atoms with Gasteiger partial charge in [-0.25, -0.2) is 0 Å². The predicted octanol–water partition coefficient (Wildman–Crippen LogP) is 3.43. The smallest absolute Gasteiger partial charge is 0.0422 e. The van der Waals surface area contributed by atoms with Crippen LogP contribution >= 0.6 is 11.3 Å². The van der Waals surface area contributed by atoms with Gasteiger partial charge in [0.2, 0.25) is 0 Å². The minimum Gasteiger partial charge on any atom is -0.310 e. The van der Waals surface area contributed by atoms with Gasteiger partial charge in [0.25, 0.3) is 0 Å². The minimum absolute atomic E-state index is 0.385. The summed E-state index contributed by atoms with van der Waals surface area (Å²) < 4.78 is 0. The van der Waals surface area contributed by atoms with Crippen LogP contribution in [0.2, 0.25) is 0 Å². The van der Waals surface area contributed by atoms with Crippen molar-refractivity contribution in [2.75, 3.05) is 6.54 Å². The summed E-state index contributed by atoms with van der Waals surface area (Å²) in [5.41, 5.74) is 2.52. The Hall–Kier alpha value is -1.19. The molecule has 0 aromatic carbocycles. The molecule has 0 bridgehead atoms. The Kier molecular flexibility index (Phi) is 4.71. The van der Waals surface area contributed by atoms with Crippen molar-refractivity contribution in [1.82, 2.24) is 10.3 Å². The molecule has 1 atom stereocenters. The zero-order valence-electron chi connectivity index (χ0n) is 10.1. The molecule has 1 unspecified atom stereocenters. The highest BCUT2D eigenvalue weighted by molar-refractivity contribution is 7.07. The lowest BCUT2D eigenvalue weighted by atomic mass is 10.0. The second kappa shape index (κ2) is 6.52. The Labute approximate surface area is 107 Å². The number of thiophene rings is 1. The lowest BCUT2D eigenvalue weighted by Gasteiger charge is -2.17. The molecule has 0 aliphatic heterocycles. The Balaban J connectivity index is 2.06. The molecule has 0 aliphatic rings. The summed E-state index contributed by atoms with van der Waals surface area (Å²) in [5, 5.41) is 7.94. The fraction of sp³-hybridized carbons (Fsp3) is 0.357. The van der Waals surface area contributed by atoms with Gasteiger partial charge in [-0.2, -0.15) is 11.3 Å². The van der Waals surface area contributed by atoms with E-state index in [2.05, 4.69) is 40.1 Å². The molecule has 2 aromatic rings. The van der Waals surface area contributed by atoms with Crippen LogP contribution in [-0.4, -0.2) is 11.5 Å². The number of nitrogens with one attached hydrogen (secondary N) is 1. The van der Waals surface area contributed by atoms with Crippen molar-refractivity contribution in [2.45, 2.75) is 25.8 Å². The van der Waals surface area contributed by atoms with Gasteiger partial charge in [-0.05, 0) is 47.5 Å². The molecule has 3 heteroatoms. The van der Waals surface area contributed by atoms with Crippen molar-refractivity contribution < 1.29 is 0 Å². The first-order valence-corrected chi connectivity index (χ1v) is 7.00. The maximum atomic E-state index is 4.40. The largest absolute Gasteiger partial charge is 0.310 e. The highest BCUT2D eigenvalue weighted by Gasteiger charge is 2.12. The van der Waals surface area contributed by atoms with Crippen molar-refractivity contribution in [3.63, 3.8) is 0 Å². The van der Waals surface area contributed by atoms with Gasteiger partial charge in [-0.15, -0.1) is 0 Å². The van der Waals surface area contributed by atoms with Crippen molar-refractivity contribution in [3.8, 4) is 0 Å². The van der Waals surface area contributed by atoms with Crippen molar-refractivity contribution in [2.24, 2.45) is 0 Å². The number of hydrogen-bond donors (Lipinski definition) is 1. The van der Waals surface area contributed by atoms with Gasteiger partial charge in [-0.1, -0.05) is 13.0 Å². The van der Waals surface area contributed by atoms with Gasteiger partial charge in [0.05, 0.1) is 0 Å². The normalized spacial score (nSPS) is 12.5. The van der Waals surface area contributed by atoms with E-state index in [0.717, 1.165) is 25.1 Å². The van der Waals surface area contributed by atoms with E-state index >= 15 is 0 Å². The summed E-state index contributed by atoms with van der Waals surface area (Å²) in [4.78, 5) is 4.40. The Morgan fingerprint density at radius 3 is 2.94 bits per heavy atom. The first-order valence-electron chi connectivity index (χ1n) is 6.05. The molecule has 0 aliphatic carbocycles. The summed E-state index contributed by atoms with van der Waals surface area (Å²) in [6, 6.07) is 8.68. The number of hydrogen-bond acceptors (Lipinski definition) is 3. The average Bonchev–Trinajstić information content (AvgIpc) is 2.89. The van der Waals surface area contributed by atoms with Crippen LogP contribution in [0.4, 0.5) is 0 Å². The summed E-state index contributed by atoms with van der Waals surface area (Å²) in [5.74, 6) is 0. The Morgan fingerprint density at radius 2 is 2.29 bits per heavy atom. The topological polar surface area (TPSA) is 24.9 Å². The molecule has 90 valence electrons. The van der Waals surface area contributed by atoms with Crippen LogP contribution in [0, 0.1) is 0 Å². The second-order valence-corrected chi connectivity index (χ2v) is 4.87. The molecule has 0 radical (unpaired) electrons. The second-order valence-electron chi connectivity index (χ2n) is 4.09. The van der Waals surface area contributed by atoms with Crippen LogP contribution in [0.1, 0.15) is 30.6 Å². The van der Waals surface area contributed by atoms with E-state index in [1.165, 1.54) is 5.56 Å². The maximum Gasteiger partial charge on any atom is 0.0422 e. The lowest BCUT2D eigenvalue weighted by molar-refractivity contribution is 0.526. The van der Waals surface area contributed by atoms with Gasteiger partial charge >= 0.3 is 0 Å². The SMILES string of the molecule is CCCNC(Cc1ccccn1)c1ccsc1. The molecule has 0 saturated heterocycles. The standard InChI is InChI=1S/C14H18N2S/c1-2-7-16-14(12-6-9-17-11-12)10-13-5-3-4-8-15-13/h3-6,8-9,11,14,16H,2,7,10H2,1H3. The molecule has 17 heavy (non-hydrogen) atoms. The number of pyridine rings is 1. The number of nitrogens with zero attached hydrogens (tertiary/aromatic N) is 1. The molecule has 0 fully saturated rings. The molecular formula is C14H18N2S. The van der Waals surface area contributed by atoms with Gasteiger partial charge < -0.3 is 5.32 Å². The van der Waals surface area contributed by atoms with E-state index in [-0.39, 0.29) is 0 Å². The highest BCUT2D eigenvalue weighted by atomic mass is 32.1. The van der Waals surface area contributed by atoms with Crippen LogP contribution in [0.25, 0.3) is 0 Å². The van der Waals surface area contributed by atoms with E-state index in [1.807, 2.05) is 18.3 Å². The fourth-order valence-corrected chi connectivity index (χ4v) is 2.54. The summed E-state index contributed by atoms with van der Waals surface area (Å²) in [7, 11) is 0. The molecule has 2 rings (SSSR count).